The molecule has 3 saturated heterocycles. The second-order valence-corrected chi connectivity index (χ2v) is 7.67. The standard InChI is InChI=1S/C20H17N3O7S/c1-26-14-6-2-4-12(10-14)5-3-9-27-16-17(22-31-21-16)28-15-13-7-8-23(11-13)20(15)29-18(24)19(25)30-20/h2,4,6,10,13,15H,7-9,11H2,1H3. The van der Waals surface area contributed by atoms with E-state index in [-0.39, 0.29) is 24.3 Å². The van der Waals surface area contributed by atoms with E-state index in [1.54, 1.807) is 12.0 Å². The number of ether oxygens (including phenoxy) is 5. The maximum atomic E-state index is 11.7. The van der Waals surface area contributed by atoms with Crippen molar-refractivity contribution in [3.63, 3.8) is 0 Å². The summed E-state index contributed by atoms with van der Waals surface area (Å²) in [6, 6.07) is 7.37. The number of piperidine rings is 1. The van der Waals surface area contributed by atoms with Gasteiger partial charge >= 0.3 is 17.8 Å². The third-order valence-corrected chi connectivity index (χ3v) is 5.85. The minimum atomic E-state index is -1.55. The molecule has 4 heterocycles. The van der Waals surface area contributed by atoms with Gasteiger partial charge in [0.2, 0.25) is 0 Å². The summed E-state index contributed by atoms with van der Waals surface area (Å²) in [7, 11) is 1.59. The van der Waals surface area contributed by atoms with Gasteiger partial charge in [-0.15, -0.1) is 8.75 Å². The molecule has 160 valence electrons. The highest BCUT2D eigenvalue weighted by Crippen LogP contribution is 2.47. The third-order valence-electron chi connectivity index (χ3n) is 5.35. The van der Waals surface area contributed by atoms with Gasteiger partial charge in [0.25, 0.3) is 11.8 Å². The lowest BCUT2D eigenvalue weighted by Gasteiger charge is -2.36. The van der Waals surface area contributed by atoms with E-state index in [0.717, 1.165) is 29.5 Å². The van der Waals surface area contributed by atoms with Gasteiger partial charge in [0.05, 0.1) is 18.8 Å². The van der Waals surface area contributed by atoms with Crippen molar-refractivity contribution in [3.05, 3.63) is 29.8 Å². The first kappa shape index (κ1) is 19.6. The fourth-order valence-electron chi connectivity index (χ4n) is 3.98. The van der Waals surface area contributed by atoms with Gasteiger partial charge in [0, 0.05) is 24.6 Å². The van der Waals surface area contributed by atoms with E-state index in [1.165, 1.54) is 0 Å². The number of carbonyl (C=O) groups is 2. The zero-order valence-electron chi connectivity index (χ0n) is 16.4. The van der Waals surface area contributed by atoms with Crippen LogP contribution in [0.3, 0.4) is 0 Å². The highest BCUT2D eigenvalue weighted by Gasteiger charge is 2.69. The number of hydrogen-bond donors (Lipinski definition) is 0. The lowest BCUT2D eigenvalue weighted by molar-refractivity contribution is -0.273. The predicted molar refractivity (Wildman–Crippen MR) is 104 cm³/mol. The summed E-state index contributed by atoms with van der Waals surface area (Å²) in [5, 5.41) is 0. The monoisotopic (exact) mass is 443 g/mol. The number of fused-ring (bicyclic) bond motifs is 3. The average Bonchev–Trinajstić information content (AvgIpc) is 3.53. The summed E-state index contributed by atoms with van der Waals surface area (Å²) >= 11 is 0.917. The van der Waals surface area contributed by atoms with E-state index in [2.05, 4.69) is 20.6 Å². The van der Waals surface area contributed by atoms with Crippen molar-refractivity contribution in [2.75, 3.05) is 26.8 Å². The molecule has 2 bridgehead atoms. The van der Waals surface area contributed by atoms with Crippen LogP contribution >= 0.6 is 11.7 Å². The van der Waals surface area contributed by atoms with E-state index in [1.807, 2.05) is 24.3 Å². The van der Waals surface area contributed by atoms with Crippen LogP contribution in [0.1, 0.15) is 12.0 Å². The maximum absolute atomic E-state index is 11.7. The van der Waals surface area contributed by atoms with Crippen LogP contribution in [-0.2, 0) is 19.1 Å². The van der Waals surface area contributed by atoms with E-state index in [0.29, 0.717) is 13.1 Å². The largest absolute Gasteiger partial charge is 0.497 e. The van der Waals surface area contributed by atoms with E-state index in [4.69, 9.17) is 23.7 Å². The number of esters is 2. The quantitative estimate of drug-likeness (QED) is 0.374. The average molecular weight is 443 g/mol. The SMILES string of the molecule is COc1cccc(C#CCOc2nsnc2OC2C3CCN(C3)C23OC(=O)C(=O)O3)c1. The molecule has 0 N–H and O–H groups in total. The molecule has 5 rings (SSSR count). The van der Waals surface area contributed by atoms with Crippen LogP contribution in [0.25, 0.3) is 0 Å². The fraction of sp³-hybridized carbons (Fsp3) is 0.400. The molecule has 3 aliphatic heterocycles. The molecule has 3 atom stereocenters. The molecule has 2 aromatic rings. The number of nitrogens with zero attached hydrogens (tertiary/aromatic N) is 3. The van der Waals surface area contributed by atoms with Crippen LogP contribution in [0.15, 0.2) is 24.3 Å². The van der Waals surface area contributed by atoms with Crippen molar-refractivity contribution in [2.45, 2.75) is 18.4 Å². The number of rotatable bonds is 5. The van der Waals surface area contributed by atoms with Crippen molar-refractivity contribution >= 4 is 23.7 Å². The van der Waals surface area contributed by atoms with E-state index in [9.17, 15) is 9.59 Å². The van der Waals surface area contributed by atoms with Gasteiger partial charge in [-0.3, -0.25) is 0 Å². The molecule has 11 heteroatoms. The zero-order valence-corrected chi connectivity index (χ0v) is 17.2. The lowest BCUT2D eigenvalue weighted by atomic mass is 9.99. The van der Waals surface area contributed by atoms with Crippen LogP contribution in [0.5, 0.6) is 17.5 Å². The molecule has 0 saturated carbocycles. The highest BCUT2D eigenvalue weighted by atomic mass is 32.1. The molecule has 0 amide bonds. The lowest BCUT2D eigenvalue weighted by Crippen LogP contribution is -2.57. The number of carbonyl (C=O) groups excluding carboxylic acids is 2. The first-order valence-corrected chi connectivity index (χ1v) is 10.3. The molecule has 1 aromatic carbocycles. The number of aromatic nitrogens is 2. The molecular weight excluding hydrogens is 426 g/mol. The van der Waals surface area contributed by atoms with E-state index < -0.39 is 24.0 Å². The normalized spacial score (nSPS) is 25.0. The van der Waals surface area contributed by atoms with Gasteiger partial charge in [0.15, 0.2) is 12.7 Å². The van der Waals surface area contributed by atoms with Gasteiger partial charge in [-0.1, -0.05) is 17.9 Å². The Labute approximate surface area is 181 Å². The third kappa shape index (κ3) is 3.43. The van der Waals surface area contributed by atoms with Crippen molar-refractivity contribution in [3.8, 4) is 29.4 Å². The molecule has 0 aliphatic carbocycles. The maximum Gasteiger partial charge on any atom is 0.422 e. The number of benzene rings is 1. The second-order valence-electron chi connectivity index (χ2n) is 7.14. The Morgan fingerprint density at radius 3 is 2.87 bits per heavy atom. The van der Waals surface area contributed by atoms with Crippen LogP contribution in [0, 0.1) is 17.8 Å². The first-order chi connectivity index (χ1) is 15.1. The summed E-state index contributed by atoms with van der Waals surface area (Å²) in [4.78, 5) is 25.2. The molecule has 1 spiro atoms. The molecule has 3 aliphatic rings. The molecule has 3 unspecified atom stereocenters. The minimum absolute atomic E-state index is 0.0149. The van der Waals surface area contributed by atoms with Gasteiger partial charge in [-0.25, -0.2) is 14.5 Å². The summed E-state index contributed by atoms with van der Waals surface area (Å²) in [6.07, 6.45) is 0.104. The molecule has 31 heavy (non-hydrogen) atoms. The van der Waals surface area contributed by atoms with Gasteiger partial charge in [-0.05, 0) is 24.6 Å². The number of methoxy groups -OCH3 is 1. The smallest absolute Gasteiger partial charge is 0.422 e. The van der Waals surface area contributed by atoms with Gasteiger partial charge < -0.3 is 23.7 Å². The first-order valence-electron chi connectivity index (χ1n) is 9.55. The van der Waals surface area contributed by atoms with Crippen molar-refractivity contribution < 1.29 is 33.3 Å². The highest BCUT2D eigenvalue weighted by molar-refractivity contribution is 6.99. The Bertz CT molecular complexity index is 1080. The Morgan fingerprint density at radius 2 is 2.06 bits per heavy atom. The van der Waals surface area contributed by atoms with Crippen molar-refractivity contribution in [1.29, 1.82) is 0 Å². The molecular formula is C20H17N3O7S. The van der Waals surface area contributed by atoms with Crippen molar-refractivity contribution in [1.82, 2.24) is 13.6 Å². The second kappa shape index (κ2) is 7.72. The van der Waals surface area contributed by atoms with Crippen LogP contribution in [-0.4, -0.2) is 64.4 Å². The molecule has 3 fully saturated rings. The van der Waals surface area contributed by atoms with Crippen LogP contribution in [0.2, 0.25) is 0 Å². The number of hydrogen-bond acceptors (Lipinski definition) is 11. The molecule has 0 radical (unpaired) electrons. The van der Waals surface area contributed by atoms with Gasteiger partial charge in [0.1, 0.15) is 5.75 Å². The van der Waals surface area contributed by atoms with Gasteiger partial charge in [-0.2, -0.15) is 0 Å². The van der Waals surface area contributed by atoms with Crippen LogP contribution in [0.4, 0.5) is 0 Å². The summed E-state index contributed by atoms with van der Waals surface area (Å²) in [5.41, 5.74) is 0.790. The zero-order chi connectivity index (χ0) is 21.4. The minimum Gasteiger partial charge on any atom is -0.497 e. The van der Waals surface area contributed by atoms with E-state index >= 15 is 0 Å². The predicted octanol–water partition coefficient (Wildman–Crippen LogP) is 0.814. The molecule has 10 nitrogen and oxygen atoms in total. The Kier molecular flexibility index (Phi) is 4.88. The summed E-state index contributed by atoms with van der Waals surface area (Å²) < 4.78 is 35.6. The Hall–Kier alpha value is -3.36. The summed E-state index contributed by atoms with van der Waals surface area (Å²) in [6.45, 7) is 1.29. The van der Waals surface area contributed by atoms with Crippen LogP contribution < -0.4 is 14.2 Å². The van der Waals surface area contributed by atoms with Crippen molar-refractivity contribution in [2.24, 2.45) is 5.92 Å². The summed E-state index contributed by atoms with van der Waals surface area (Å²) in [5.74, 6) is 3.34. The Morgan fingerprint density at radius 1 is 1.26 bits per heavy atom. The molecule has 1 aromatic heterocycles. The Balaban J connectivity index is 1.27. The topological polar surface area (TPSA) is 109 Å². The fourth-order valence-corrected chi connectivity index (χ4v) is 4.42.